The predicted octanol–water partition coefficient (Wildman–Crippen LogP) is 1.67. The van der Waals surface area contributed by atoms with Gasteiger partial charge >= 0.3 is 0 Å². The highest BCUT2D eigenvalue weighted by Gasteiger charge is 2.24. The van der Waals surface area contributed by atoms with Gasteiger partial charge in [0, 0.05) is 13.1 Å². The lowest BCUT2D eigenvalue weighted by molar-refractivity contribution is -0.131. The van der Waals surface area contributed by atoms with Gasteiger partial charge in [0.05, 0.1) is 19.1 Å². The molecule has 0 aromatic heterocycles. The van der Waals surface area contributed by atoms with Crippen LogP contribution in [-0.2, 0) is 4.79 Å². The first-order valence-electron chi connectivity index (χ1n) is 6.73. The van der Waals surface area contributed by atoms with Crippen molar-refractivity contribution in [3.63, 3.8) is 0 Å². The van der Waals surface area contributed by atoms with E-state index in [9.17, 15) is 9.90 Å². The van der Waals surface area contributed by atoms with E-state index in [1.807, 2.05) is 32.0 Å². The average Bonchev–Trinajstić information content (AvgIpc) is 2.79. The second-order valence-corrected chi connectivity index (χ2v) is 5.10. The van der Waals surface area contributed by atoms with E-state index >= 15 is 0 Å². The van der Waals surface area contributed by atoms with E-state index in [4.69, 9.17) is 4.74 Å². The van der Waals surface area contributed by atoms with Crippen LogP contribution >= 0.6 is 0 Å². The monoisotopic (exact) mass is 263 g/mol. The molecule has 0 aliphatic carbocycles. The van der Waals surface area contributed by atoms with Crippen LogP contribution in [-0.4, -0.2) is 41.7 Å². The van der Waals surface area contributed by atoms with Crippen LogP contribution in [0.1, 0.15) is 24.0 Å². The standard InChI is InChI=1S/C15H21NO3/c1-11-4-3-5-12(2)15(11)19-9-7-14(18)16-8-6-13(17)10-16/h3-5,13,17H,6-10H2,1-2H3. The first-order chi connectivity index (χ1) is 9.08. The van der Waals surface area contributed by atoms with Crippen LogP contribution in [0.5, 0.6) is 5.75 Å². The number of nitrogens with zero attached hydrogens (tertiary/aromatic N) is 1. The van der Waals surface area contributed by atoms with Crippen molar-refractivity contribution in [1.82, 2.24) is 4.90 Å². The number of rotatable bonds is 4. The van der Waals surface area contributed by atoms with Crippen molar-refractivity contribution in [3.8, 4) is 5.75 Å². The lowest BCUT2D eigenvalue weighted by Gasteiger charge is -2.16. The lowest BCUT2D eigenvalue weighted by Crippen LogP contribution is -2.30. The van der Waals surface area contributed by atoms with Gasteiger partial charge in [0.1, 0.15) is 5.75 Å². The van der Waals surface area contributed by atoms with E-state index in [1.54, 1.807) is 4.90 Å². The minimum atomic E-state index is -0.358. The molecule has 4 heteroatoms. The summed E-state index contributed by atoms with van der Waals surface area (Å²) < 4.78 is 5.71. The van der Waals surface area contributed by atoms with Crippen LogP contribution in [0.3, 0.4) is 0 Å². The molecule has 1 fully saturated rings. The molecule has 0 radical (unpaired) electrons. The number of aliphatic hydroxyl groups excluding tert-OH is 1. The van der Waals surface area contributed by atoms with Crippen molar-refractivity contribution in [3.05, 3.63) is 29.3 Å². The van der Waals surface area contributed by atoms with E-state index in [0.29, 0.717) is 32.5 Å². The van der Waals surface area contributed by atoms with Crippen LogP contribution in [0.25, 0.3) is 0 Å². The second-order valence-electron chi connectivity index (χ2n) is 5.10. The van der Waals surface area contributed by atoms with Gasteiger partial charge in [0.2, 0.25) is 5.91 Å². The van der Waals surface area contributed by atoms with Gasteiger partial charge in [0.25, 0.3) is 0 Å². The maximum Gasteiger partial charge on any atom is 0.226 e. The van der Waals surface area contributed by atoms with Gasteiger partial charge in [-0.25, -0.2) is 0 Å². The number of hydrogen-bond acceptors (Lipinski definition) is 3. The van der Waals surface area contributed by atoms with Crippen LogP contribution < -0.4 is 4.74 Å². The Kier molecular flexibility index (Phi) is 4.43. The van der Waals surface area contributed by atoms with Crippen molar-refractivity contribution in [2.75, 3.05) is 19.7 Å². The van der Waals surface area contributed by atoms with Gasteiger partial charge in [-0.2, -0.15) is 0 Å². The molecule has 2 rings (SSSR count). The average molecular weight is 263 g/mol. The molecule has 0 spiro atoms. The maximum absolute atomic E-state index is 11.9. The van der Waals surface area contributed by atoms with Crippen molar-refractivity contribution in [2.45, 2.75) is 32.8 Å². The number of carbonyl (C=O) groups excluding carboxylic acids is 1. The first-order valence-corrected chi connectivity index (χ1v) is 6.73. The highest BCUT2D eigenvalue weighted by molar-refractivity contribution is 5.76. The van der Waals surface area contributed by atoms with Crippen LogP contribution in [0.2, 0.25) is 0 Å². The van der Waals surface area contributed by atoms with Crippen molar-refractivity contribution in [1.29, 1.82) is 0 Å². The van der Waals surface area contributed by atoms with Gasteiger partial charge < -0.3 is 14.7 Å². The highest BCUT2D eigenvalue weighted by Crippen LogP contribution is 2.22. The van der Waals surface area contributed by atoms with E-state index < -0.39 is 0 Å². The highest BCUT2D eigenvalue weighted by atomic mass is 16.5. The molecular weight excluding hydrogens is 242 g/mol. The summed E-state index contributed by atoms with van der Waals surface area (Å²) in [6.45, 7) is 5.50. The molecule has 1 atom stereocenters. The summed E-state index contributed by atoms with van der Waals surface area (Å²) in [5, 5.41) is 9.40. The fourth-order valence-corrected chi connectivity index (χ4v) is 2.39. The SMILES string of the molecule is Cc1cccc(C)c1OCCC(=O)N1CCC(O)C1. The zero-order valence-corrected chi connectivity index (χ0v) is 11.6. The number of amides is 1. The van der Waals surface area contributed by atoms with Gasteiger partial charge in [0.15, 0.2) is 0 Å². The van der Waals surface area contributed by atoms with Gasteiger partial charge in [-0.3, -0.25) is 4.79 Å². The molecule has 1 aliphatic heterocycles. The third kappa shape index (κ3) is 3.47. The number of likely N-dealkylation sites (tertiary alicyclic amines) is 1. The first kappa shape index (κ1) is 13.9. The van der Waals surface area contributed by atoms with Crippen LogP contribution in [0.15, 0.2) is 18.2 Å². The third-order valence-electron chi connectivity index (χ3n) is 3.49. The Morgan fingerprint density at radius 2 is 2.11 bits per heavy atom. The Morgan fingerprint density at radius 3 is 2.68 bits per heavy atom. The number of β-amino-alcohol motifs (C(OH)–C–C–N with tert-alkyl or cyclic N) is 1. The summed E-state index contributed by atoms with van der Waals surface area (Å²) in [7, 11) is 0. The van der Waals surface area contributed by atoms with E-state index in [2.05, 4.69) is 0 Å². The number of para-hydroxylation sites is 1. The molecule has 1 saturated heterocycles. The Balaban J connectivity index is 1.82. The number of carbonyl (C=O) groups is 1. The van der Waals surface area contributed by atoms with Crippen LogP contribution in [0, 0.1) is 13.8 Å². The molecule has 1 aromatic carbocycles. The summed E-state index contributed by atoms with van der Waals surface area (Å²) in [6, 6.07) is 6.00. The van der Waals surface area contributed by atoms with Gasteiger partial charge in [-0.15, -0.1) is 0 Å². The van der Waals surface area contributed by atoms with Crippen LogP contribution in [0.4, 0.5) is 0 Å². The fraction of sp³-hybridized carbons (Fsp3) is 0.533. The molecular formula is C15H21NO3. The van der Waals surface area contributed by atoms with E-state index in [-0.39, 0.29) is 12.0 Å². The van der Waals surface area contributed by atoms with E-state index in [1.165, 1.54) is 0 Å². The zero-order chi connectivity index (χ0) is 13.8. The molecule has 104 valence electrons. The topological polar surface area (TPSA) is 49.8 Å². The number of aliphatic hydroxyl groups is 1. The molecule has 1 unspecified atom stereocenters. The Bertz CT molecular complexity index is 438. The van der Waals surface area contributed by atoms with Crippen molar-refractivity contribution >= 4 is 5.91 Å². The smallest absolute Gasteiger partial charge is 0.226 e. The molecule has 0 bridgehead atoms. The third-order valence-corrected chi connectivity index (χ3v) is 3.49. The normalized spacial score (nSPS) is 18.7. The molecule has 1 aromatic rings. The second kappa shape index (κ2) is 6.06. The zero-order valence-electron chi connectivity index (χ0n) is 11.6. The molecule has 4 nitrogen and oxygen atoms in total. The fourth-order valence-electron chi connectivity index (χ4n) is 2.39. The number of aryl methyl sites for hydroxylation is 2. The molecule has 1 heterocycles. The Labute approximate surface area is 114 Å². The number of ether oxygens (including phenoxy) is 1. The minimum absolute atomic E-state index is 0.0581. The van der Waals surface area contributed by atoms with Gasteiger partial charge in [-0.05, 0) is 31.4 Å². The molecule has 1 N–H and O–H groups in total. The minimum Gasteiger partial charge on any atom is -0.493 e. The summed E-state index contributed by atoms with van der Waals surface area (Å²) >= 11 is 0. The molecule has 19 heavy (non-hydrogen) atoms. The number of hydrogen-bond donors (Lipinski definition) is 1. The molecule has 1 amide bonds. The summed E-state index contributed by atoms with van der Waals surface area (Å²) in [5.41, 5.74) is 2.17. The number of benzene rings is 1. The Hall–Kier alpha value is -1.55. The largest absolute Gasteiger partial charge is 0.493 e. The summed E-state index contributed by atoms with van der Waals surface area (Å²) in [6.07, 6.45) is 0.688. The van der Waals surface area contributed by atoms with Gasteiger partial charge in [-0.1, -0.05) is 18.2 Å². The molecule has 0 saturated carbocycles. The quantitative estimate of drug-likeness (QED) is 0.899. The predicted molar refractivity (Wildman–Crippen MR) is 73.2 cm³/mol. The Morgan fingerprint density at radius 1 is 1.42 bits per heavy atom. The maximum atomic E-state index is 11.9. The lowest BCUT2D eigenvalue weighted by atomic mass is 10.1. The summed E-state index contributed by atoms with van der Waals surface area (Å²) in [5.74, 6) is 0.930. The van der Waals surface area contributed by atoms with E-state index in [0.717, 1.165) is 16.9 Å². The van der Waals surface area contributed by atoms with Crippen molar-refractivity contribution in [2.24, 2.45) is 0 Å². The molecule has 1 aliphatic rings. The van der Waals surface area contributed by atoms with Crippen molar-refractivity contribution < 1.29 is 14.6 Å². The summed E-state index contributed by atoms with van der Waals surface area (Å²) in [4.78, 5) is 13.6.